The van der Waals surface area contributed by atoms with E-state index in [2.05, 4.69) is 4.90 Å². The van der Waals surface area contributed by atoms with Crippen LogP contribution < -0.4 is 10.6 Å². The molecule has 1 aliphatic rings. The number of hydrogen-bond donors (Lipinski definition) is 1. The number of amides is 1. The van der Waals surface area contributed by atoms with Gasteiger partial charge in [0.05, 0.1) is 27.6 Å². The summed E-state index contributed by atoms with van der Waals surface area (Å²) >= 11 is 12.5. The van der Waals surface area contributed by atoms with Crippen LogP contribution in [-0.4, -0.2) is 28.6 Å². The first-order valence-electron chi connectivity index (χ1n) is 8.63. The molecular formula is C20H18Cl2N4O. The van der Waals surface area contributed by atoms with Crippen molar-refractivity contribution in [2.45, 2.75) is 13.3 Å². The van der Waals surface area contributed by atoms with E-state index in [9.17, 15) is 4.79 Å². The molecule has 1 aliphatic heterocycles. The third-order valence-electron chi connectivity index (χ3n) is 4.85. The molecular weight excluding hydrogens is 383 g/mol. The first-order valence-corrected chi connectivity index (χ1v) is 9.39. The van der Waals surface area contributed by atoms with Crippen LogP contribution in [0.4, 0.5) is 5.69 Å². The van der Waals surface area contributed by atoms with Crippen LogP contribution in [-0.2, 0) is 4.79 Å². The minimum absolute atomic E-state index is 0.342. The zero-order valence-corrected chi connectivity index (χ0v) is 16.3. The maximum absolute atomic E-state index is 11.4. The SMILES string of the molecule is Cc1nn2c(-c3ccc(Cl)cc3Cl)cccc2c1N1CC=C(C(N)=O)CC1. The van der Waals surface area contributed by atoms with Crippen LogP contribution in [0.15, 0.2) is 48.0 Å². The molecule has 0 aliphatic carbocycles. The number of pyridine rings is 1. The first-order chi connectivity index (χ1) is 13.0. The number of carbonyl (C=O) groups excluding carboxylic acids is 1. The number of aromatic nitrogens is 2. The van der Waals surface area contributed by atoms with Gasteiger partial charge in [-0.2, -0.15) is 5.10 Å². The lowest BCUT2D eigenvalue weighted by atomic mass is 10.1. The van der Waals surface area contributed by atoms with Crippen LogP contribution in [0.2, 0.25) is 10.0 Å². The standard InChI is InChI=1S/C20H18Cl2N4O/c1-12-19(25-9-7-13(8-10-25)20(23)27)18-4-2-3-17(26(18)24-12)15-6-5-14(21)11-16(15)22/h2-7,11H,8-10H2,1H3,(H2,23,27). The number of benzene rings is 1. The maximum atomic E-state index is 11.4. The van der Waals surface area contributed by atoms with Crippen molar-refractivity contribution in [2.24, 2.45) is 5.73 Å². The Hall–Kier alpha value is -2.50. The number of aryl methyl sites for hydroxylation is 1. The molecule has 0 saturated heterocycles. The summed E-state index contributed by atoms with van der Waals surface area (Å²) in [5, 5.41) is 5.93. The van der Waals surface area contributed by atoms with Crippen LogP contribution in [0.5, 0.6) is 0 Å². The largest absolute Gasteiger partial charge is 0.366 e. The molecule has 0 saturated carbocycles. The summed E-state index contributed by atoms with van der Waals surface area (Å²) in [6.45, 7) is 3.35. The summed E-state index contributed by atoms with van der Waals surface area (Å²) in [5.41, 5.74) is 10.8. The second kappa shape index (κ2) is 6.91. The molecule has 0 radical (unpaired) electrons. The normalized spacial score (nSPS) is 14.5. The van der Waals surface area contributed by atoms with E-state index in [0.29, 0.717) is 28.6 Å². The molecule has 0 bridgehead atoms. The van der Waals surface area contributed by atoms with Crippen LogP contribution in [0.1, 0.15) is 12.1 Å². The van der Waals surface area contributed by atoms with Crippen LogP contribution in [0.3, 0.4) is 0 Å². The summed E-state index contributed by atoms with van der Waals surface area (Å²) in [6, 6.07) is 11.5. The monoisotopic (exact) mass is 400 g/mol. The smallest absolute Gasteiger partial charge is 0.244 e. The highest BCUT2D eigenvalue weighted by atomic mass is 35.5. The van der Waals surface area contributed by atoms with Gasteiger partial charge in [0.25, 0.3) is 0 Å². The molecule has 5 nitrogen and oxygen atoms in total. The van der Waals surface area contributed by atoms with Gasteiger partial charge in [0.15, 0.2) is 0 Å². The van der Waals surface area contributed by atoms with E-state index < -0.39 is 0 Å². The fourth-order valence-electron chi connectivity index (χ4n) is 3.56. The van der Waals surface area contributed by atoms with Crippen molar-refractivity contribution < 1.29 is 4.79 Å². The van der Waals surface area contributed by atoms with Crippen LogP contribution in [0.25, 0.3) is 16.8 Å². The highest BCUT2D eigenvalue weighted by Crippen LogP contribution is 2.34. The van der Waals surface area contributed by atoms with E-state index in [1.54, 1.807) is 6.07 Å². The number of rotatable bonds is 3. The van der Waals surface area contributed by atoms with Crippen LogP contribution in [0, 0.1) is 6.92 Å². The third-order valence-corrected chi connectivity index (χ3v) is 5.40. The molecule has 3 aromatic rings. The van der Waals surface area contributed by atoms with Gasteiger partial charge in [0.1, 0.15) is 0 Å². The molecule has 2 aromatic heterocycles. The Morgan fingerprint density at radius 3 is 2.70 bits per heavy atom. The number of anilines is 1. The van der Waals surface area contributed by atoms with Gasteiger partial charge in [-0.3, -0.25) is 4.79 Å². The van der Waals surface area contributed by atoms with E-state index in [0.717, 1.165) is 34.7 Å². The van der Waals surface area contributed by atoms with Gasteiger partial charge < -0.3 is 10.6 Å². The van der Waals surface area contributed by atoms with Gasteiger partial charge in [0.2, 0.25) is 5.91 Å². The summed E-state index contributed by atoms with van der Waals surface area (Å²) < 4.78 is 1.91. The predicted octanol–water partition coefficient (Wildman–Crippen LogP) is 4.24. The fourth-order valence-corrected chi connectivity index (χ4v) is 4.06. The van der Waals surface area contributed by atoms with Gasteiger partial charge in [-0.15, -0.1) is 0 Å². The number of hydrogen-bond acceptors (Lipinski definition) is 3. The molecule has 1 aromatic carbocycles. The Kier molecular flexibility index (Phi) is 4.58. The van der Waals surface area contributed by atoms with Crippen molar-refractivity contribution in [1.29, 1.82) is 0 Å². The summed E-state index contributed by atoms with van der Waals surface area (Å²) in [7, 11) is 0. The van der Waals surface area contributed by atoms with E-state index in [1.165, 1.54) is 0 Å². The van der Waals surface area contributed by atoms with Gasteiger partial charge in [-0.1, -0.05) is 35.3 Å². The Labute approximate surface area is 167 Å². The number of fused-ring (bicyclic) bond motifs is 1. The van der Waals surface area contributed by atoms with Crippen molar-refractivity contribution in [3.05, 3.63) is 63.8 Å². The third kappa shape index (κ3) is 3.17. The van der Waals surface area contributed by atoms with Gasteiger partial charge in [-0.05, 0) is 43.7 Å². The molecule has 2 N–H and O–H groups in total. The van der Waals surface area contributed by atoms with Crippen molar-refractivity contribution in [3.63, 3.8) is 0 Å². The number of nitrogens with two attached hydrogens (primary N) is 1. The maximum Gasteiger partial charge on any atom is 0.244 e. The fraction of sp³-hybridized carbons (Fsp3) is 0.200. The second-order valence-corrected chi connectivity index (χ2v) is 7.40. The molecule has 0 atom stereocenters. The first kappa shape index (κ1) is 17.9. The predicted molar refractivity (Wildman–Crippen MR) is 109 cm³/mol. The van der Waals surface area contributed by atoms with E-state index >= 15 is 0 Å². The van der Waals surface area contributed by atoms with Gasteiger partial charge in [0, 0.05) is 29.2 Å². The zero-order valence-electron chi connectivity index (χ0n) is 14.7. The van der Waals surface area contributed by atoms with E-state index in [-0.39, 0.29) is 5.91 Å². The highest BCUT2D eigenvalue weighted by Gasteiger charge is 2.22. The van der Waals surface area contributed by atoms with Crippen molar-refractivity contribution >= 4 is 40.3 Å². The number of carbonyl (C=O) groups is 1. The second-order valence-electron chi connectivity index (χ2n) is 6.56. The van der Waals surface area contributed by atoms with Crippen molar-refractivity contribution in [2.75, 3.05) is 18.0 Å². The lowest BCUT2D eigenvalue weighted by Crippen LogP contribution is -2.32. The summed E-state index contributed by atoms with van der Waals surface area (Å²) in [5.74, 6) is -0.342. The summed E-state index contributed by atoms with van der Waals surface area (Å²) in [6.07, 6.45) is 2.53. The van der Waals surface area contributed by atoms with Crippen LogP contribution >= 0.6 is 23.2 Å². The Bertz CT molecular complexity index is 1090. The molecule has 0 spiro atoms. The Morgan fingerprint density at radius 1 is 1.22 bits per heavy atom. The van der Waals surface area contributed by atoms with E-state index in [4.69, 9.17) is 34.0 Å². The highest BCUT2D eigenvalue weighted by molar-refractivity contribution is 6.36. The Balaban J connectivity index is 1.81. The average molecular weight is 401 g/mol. The zero-order chi connectivity index (χ0) is 19.1. The minimum Gasteiger partial charge on any atom is -0.366 e. The van der Waals surface area contributed by atoms with E-state index in [1.807, 2.05) is 47.8 Å². The van der Waals surface area contributed by atoms with Crippen molar-refractivity contribution in [1.82, 2.24) is 9.61 Å². The Morgan fingerprint density at radius 2 is 2.04 bits per heavy atom. The number of nitrogens with zero attached hydrogens (tertiary/aromatic N) is 3. The summed E-state index contributed by atoms with van der Waals surface area (Å²) in [4.78, 5) is 13.6. The molecule has 4 rings (SSSR count). The molecule has 0 fully saturated rings. The van der Waals surface area contributed by atoms with Gasteiger partial charge in [-0.25, -0.2) is 4.52 Å². The quantitative estimate of drug-likeness (QED) is 0.714. The lowest BCUT2D eigenvalue weighted by molar-refractivity contribution is -0.114. The lowest BCUT2D eigenvalue weighted by Gasteiger charge is -2.27. The molecule has 0 unspecified atom stereocenters. The molecule has 27 heavy (non-hydrogen) atoms. The minimum atomic E-state index is -0.342. The van der Waals surface area contributed by atoms with Gasteiger partial charge >= 0.3 is 0 Å². The molecule has 7 heteroatoms. The average Bonchev–Trinajstić information content (AvgIpc) is 2.98. The molecule has 3 heterocycles. The van der Waals surface area contributed by atoms with Crippen molar-refractivity contribution in [3.8, 4) is 11.3 Å². The number of primary amides is 1. The molecule has 138 valence electrons. The number of halogens is 2. The topological polar surface area (TPSA) is 63.6 Å². The molecule has 1 amide bonds.